The number of ether oxygens (including phenoxy) is 1. The molecule has 1 N–H and O–H groups in total. The number of para-hydroxylation sites is 2. The minimum atomic E-state index is -0.503. The average Bonchev–Trinajstić information content (AvgIpc) is 3.26. The van der Waals surface area contributed by atoms with Gasteiger partial charge < -0.3 is 14.6 Å². The van der Waals surface area contributed by atoms with Crippen LogP contribution in [0.5, 0.6) is 0 Å². The van der Waals surface area contributed by atoms with Gasteiger partial charge in [-0.15, -0.1) is 0 Å². The number of benzene rings is 1. The Hall–Kier alpha value is -2.04. The molecule has 130 valence electrons. The molecule has 0 saturated heterocycles. The molecule has 1 saturated carbocycles. The smallest absolute Gasteiger partial charge is 0.408 e. The summed E-state index contributed by atoms with van der Waals surface area (Å²) in [6, 6.07) is 7.92. The number of aromatic nitrogens is 2. The van der Waals surface area contributed by atoms with Crippen LogP contribution < -0.4 is 5.32 Å². The Kier molecular flexibility index (Phi) is 4.52. The first-order valence-electron chi connectivity index (χ1n) is 8.74. The molecule has 1 heterocycles. The lowest BCUT2D eigenvalue weighted by molar-refractivity contribution is 0.0497. The fraction of sp³-hybridized carbons (Fsp3) is 0.579. The molecule has 5 nitrogen and oxygen atoms in total. The zero-order valence-corrected chi connectivity index (χ0v) is 15.0. The number of rotatable bonds is 5. The standard InChI is InChI=1S/C19H27N3O2/c1-19(2,3)24-18(23)21-15(12-11-13-9-10-13)17-20-14-7-5-6-8-16(14)22(17)4/h5-8,13,15H,9-12H2,1-4H3,(H,21,23). The van der Waals surface area contributed by atoms with Crippen LogP contribution >= 0.6 is 0 Å². The molecule has 3 rings (SSSR count). The molecular weight excluding hydrogens is 302 g/mol. The third-order valence-corrected chi connectivity index (χ3v) is 4.38. The number of nitrogens with zero attached hydrogens (tertiary/aromatic N) is 2. The number of fused-ring (bicyclic) bond motifs is 1. The number of carbonyl (C=O) groups excluding carboxylic acids is 1. The predicted molar refractivity (Wildman–Crippen MR) is 94.8 cm³/mol. The van der Waals surface area contributed by atoms with Gasteiger partial charge in [-0.25, -0.2) is 9.78 Å². The second-order valence-corrected chi connectivity index (χ2v) is 7.74. The molecule has 1 aliphatic rings. The monoisotopic (exact) mass is 329 g/mol. The van der Waals surface area contributed by atoms with Crippen molar-refractivity contribution in [2.24, 2.45) is 13.0 Å². The zero-order valence-electron chi connectivity index (χ0n) is 15.0. The summed E-state index contributed by atoms with van der Waals surface area (Å²) in [5, 5.41) is 3.03. The number of nitrogens with one attached hydrogen (secondary N) is 1. The van der Waals surface area contributed by atoms with Gasteiger partial charge in [-0.05, 0) is 51.7 Å². The van der Waals surface area contributed by atoms with E-state index in [-0.39, 0.29) is 12.1 Å². The molecule has 1 aromatic carbocycles. The number of hydrogen-bond acceptors (Lipinski definition) is 3. The van der Waals surface area contributed by atoms with Crippen LogP contribution in [0.25, 0.3) is 11.0 Å². The number of hydrogen-bond donors (Lipinski definition) is 1. The van der Waals surface area contributed by atoms with E-state index in [0.717, 1.165) is 35.6 Å². The van der Waals surface area contributed by atoms with Crippen molar-refractivity contribution < 1.29 is 9.53 Å². The van der Waals surface area contributed by atoms with Crippen molar-refractivity contribution in [2.75, 3.05) is 0 Å². The van der Waals surface area contributed by atoms with Crippen LogP contribution in [0.15, 0.2) is 24.3 Å². The normalized spacial score (nSPS) is 16.2. The third kappa shape index (κ3) is 4.08. The first kappa shape index (κ1) is 16.8. The topological polar surface area (TPSA) is 56.2 Å². The van der Waals surface area contributed by atoms with E-state index in [1.807, 2.05) is 46.0 Å². The van der Waals surface area contributed by atoms with E-state index in [1.165, 1.54) is 12.8 Å². The van der Waals surface area contributed by atoms with Crippen molar-refractivity contribution in [1.29, 1.82) is 0 Å². The molecule has 0 aliphatic heterocycles. The molecule has 24 heavy (non-hydrogen) atoms. The predicted octanol–water partition coefficient (Wildman–Crippen LogP) is 4.33. The van der Waals surface area contributed by atoms with Gasteiger partial charge in [0.25, 0.3) is 0 Å². The van der Waals surface area contributed by atoms with E-state index in [1.54, 1.807) is 0 Å². The minimum Gasteiger partial charge on any atom is -0.444 e. The second-order valence-electron chi connectivity index (χ2n) is 7.74. The van der Waals surface area contributed by atoms with Gasteiger partial charge in [0.05, 0.1) is 17.1 Å². The van der Waals surface area contributed by atoms with Gasteiger partial charge in [0.2, 0.25) is 0 Å². The van der Waals surface area contributed by atoms with Crippen LogP contribution in [0.4, 0.5) is 4.79 Å². The lowest BCUT2D eigenvalue weighted by Gasteiger charge is -2.23. The Balaban J connectivity index is 1.82. The Bertz CT molecular complexity index is 726. The molecule has 0 spiro atoms. The quantitative estimate of drug-likeness (QED) is 0.888. The highest BCUT2D eigenvalue weighted by Crippen LogP contribution is 2.36. The summed E-state index contributed by atoms with van der Waals surface area (Å²) in [5.41, 5.74) is 1.53. The molecule has 5 heteroatoms. The Morgan fingerprint density at radius 1 is 1.38 bits per heavy atom. The first-order valence-corrected chi connectivity index (χ1v) is 8.74. The highest BCUT2D eigenvalue weighted by molar-refractivity contribution is 5.76. The molecule has 1 unspecified atom stereocenters. The zero-order chi connectivity index (χ0) is 17.3. The van der Waals surface area contributed by atoms with Crippen molar-refractivity contribution in [3.8, 4) is 0 Å². The van der Waals surface area contributed by atoms with E-state index in [2.05, 4.69) is 16.0 Å². The maximum absolute atomic E-state index is 12.3. The number of alkyl carbamates (subject to hydrolysis) is 1. The number of amides is 1. The van der Waals surface area contributed by atoms with Crippen LogP contribution in [0.3, 0.4) is 0 Å². The van der Waals surface area contributed by atoms with E-state index < -0.39 is 5.60 Å². The highest BCUT2D eigenvalue weighted by Gasteiger charge is 2.27. The van der Waals surface area contributed by atoms with Crippen LogP contribution in [0.1, 0.15) is 58.3 Å². The van der Waals surface area contributed by atoms with E-state index >= 15 is 0 Å². The molecular formula is C19H27N3O2. The third-order valence-electron chi connectivity index (χ3n) is 4.38. The van der Waals surface area contributed by atoms with Gasteiger partial charge in [-0.1, -0.05) is 25.0 Å². The van der Waals surface area contributed by atoms with Crippen LogP contribution in [-0.4, -0.2) is 21.2 Å². The van der Waals surface area contributed by atoms with E-state index in [0.29, 0.717) is 0 Å². The second kappa shape index (κ2) is 6.46. The van der Waals surface area contributed by atoms with Crippen molar-refractivity contribution >= 4 is 17.1 Å². The molecule has 0 bridgehead atoms. The van der Waals surface area contributed by atoms with Gasteiger partial charge in [0.1, 0.15) is 11.4 Å². The van der Waals surface area contributed by atoms with E-state index in [4.69, 9.17) is 9.72 Å². The number of aryl methyl sites for hydroxylation is 1. The summed E-state index contributed by atoms with van der Waals surface area (Å²) < 4.78 is 7.51. The summed E-state index contributed by atoms with van der Waals surface area (Å²) in [6.45, 7) is 5.63. The molecule has 1 aliphatic carbocycles. The fourth-order valence-corrected chi connectivity index (χ4v) is 3.00. The maximum atomic E-state index is 12.3. The maximum Gasteiger partial charge on any atom is 0.408 e. The number of carbonyl (C=O) groups is 1. The Morgan fingerprint density at radius 2 is 2.08 bits per heavy atom. The summed E-state index contributed by atoms with van der Waals surface area (Å²) in [5.74, 6) is 1.70. The summed E-state index contributed by atoms with van der Waals surface area (Å²) in [6.07, 6.45) is 4.24. The first-order chi connectivity index (χ1) is 11.3. The van der Waals surface area contributed by atoms with Crippen LogP contribution in [-0.2, 0) is 11.8 Å². The molecule has 0 radical (unpaired) electrons. The van der Waals surface area contributed by atoms with Crippen molar-refractivity contribution in [2.45, 2.75) is 58.1 Å². The lowest BCUT2D eigenvalue weighted by Crippen LogP contribution is -2.36. The van der Waals surface area contributed by atoms with Crippen molar-refractivity contribution in [1.82, 2.24) is 14.9 Å². The van der Waals surface area contributed by atoms with Crippen molar-refractivity contribution in [3.63, 3.8) is 0 Å². The minimum absolute atomic E-state index is 0.127. The summed E-state index contributed by atoms with van der Waals surface area (Å²) in [4.78, 5) is 17.0. The van der Waals surface area contributed by atoms with Gasteiger partial charge >= 0.3 is 6.09 Å². The largest absolute Gasteiger partial charge is 0.444 e. The highest BCUT2D eigenvalue weighted by atomic mass is 16.6. The van der Waals surface area contributed by atoms with Gasteiger partial charge in [0.15, 0.2) is 0 Å². The molecule has 1 amide bonds. The van der Waals surface area contributed by atoms with Crippen LogP contribution in [0, 0.1) is 5.92 Å². The van der Waals surface area contributed by atoms with Gasteiger partial charge in [-0.2, -0.15) is 0 Å². The van der Waals surface area contributed by atoms with Gasteiger partial charge in [-0.3, -0.25) is 0 Å². The molecule has 2 aromatic rings. The molecule has 1 fully saturated rings. The summed E-state index contributed by atoms with van der Waals surface area (Å²) in [7, 11) is 2.01. The van der Waals surface area contributed by atoms with Crippen LogP contribution in [0.2, 0.25) is 0 Å². The van der Waals surface area contributed by atoms with Gasteiger partial charge in [0, 0.05) is 7.05 Å². The molecule has 1 aromatic heterocycles. The average molecular weight is 329 g/mol. The Labute approximate surface area is 143 Å². The SMILES string of the molecule is Cn1c(C(CCC2CC2)NC(=O)OC(C)(C)C)nc2ccccc21. The summed E-state index contributed by atoms with van der Waals surface area (Å²) >= 11 is 0. The molecule has 1 atom stereocenters. The number of imidazole rings is 1. The fourth-order valence-electron chi connectivity index (χ4n) is 3.00. The van der Waals surface area contributed by atoms with Crippen molar-refractivity contribution in [3.05, 3.63) is 30.1 Å². The lowest BCUT2D eigenvalue weighted by atomic mass is 10.1. The Morgan fingerprint density at radius 3 is 2.71 bits per heavy atom. The van der Waals surface area contributed by atoms with E-state index in [9.17, 15) is 4.79 Å².